The second kappa shape index (κ2) is 8.71. The number of carbonyl (C=O) groups is 1. The number of rotatable bonds is 6. The number of aryl methyl sites for hydroxylation is 1. The minimum absolute atomic E-state index is 0.0547. The number of likely N-dealkylation sites (tertiary alicyclic amines) is 1. The van der Waals surface area contributed by atoms with E-state index < -0.39 is 29.4 Å². The third kappa shape index (κ3) is 3.79. The van der Waals surface area contributed by atoms with Crippen molar-refractivity contribution in [2.75, 3.05) is 25.5 Å². The Labute approximate surface area is 193 Å². The third-order valence-electron chi connectivity index (χ3n) is 6.34. The molecule has 34 heavy (non-hydrogen) atoms. The largest absolute Gasteiger partial charge is 0.370 e. The predicted octanol–water partition coefficient (Wildman–Crippen LogP) is 3.28. The number of aromatic nitrogens is 3. The van der Waals surface area contributed by atoms with Crippen LogP contribution in [0.15, 0.2) is 35.4 Å². The van der Waals surface area contributed by atoms with Gasteiger partial charge in [-0.05, 0) is 13.0 Å². The molecule has 0 saturated carbocycles. The molecule has 180 valence electrons. The van der Waals surface area contributed by atoms with E-state index in [2.05, 4.69) is 15.3 Å². The Balaban J connectivity index is 1.78. The van der Waals surface area contributed by atoms with Gasteiger partial charge in [-0.25, -0.2) is 23.1 Å². The summed E-state index contributed by atoms with van der Waals surface area (Å²) in [5, 5.41) is 3.53. The van der Waals surface area contributed by atoms with Crippen LogP contribution in [0, 0.1) is 5.82 Å². The lowest BCUT2D eigenvalue weighted by Gasteiger charge is -2.48. The van der Waals surface area contributed by atoms with Gasteiger partial charge in [-0.1, -0.05) is 18.2 Å². The monoisotopic (exact) mass is 475 g/mol. The van der Waals surface area contributed by atoms with Gasteiger partial charge in [-0.15, -0.1) is 0 Å². The van der Waals surface area contributed by atoms with Crippen LogP contribution in [-0.2, 0) is 22.2 Å². The van der Waals surface area contributed by atoms with Crippen molar-refractivity contribution in [3.05, 3.63) is 63.5 Å². The second-order valence-corrected chi connectivity index (χ2v) is 8.37. The minimum Gasteiger partial charge on any atom is -0.370 e. The van der Waals surface area contributed by atoms with Gasteiger partial charge in [0.1, 0.15) is 29.2 Å². The summed E-state index contributed by atoms with van der Waals surface area (Å²) < 4.78 is 48.0. The van der Waals surface area contributed by atoms with Gasteiger partial charge in [-0.3, -0.25) is 14.2 Å². The number of ether oxygens (including phenoxy) is 1. The molecule has 4 rings (SSSR count). The van der Waals surface area contributed by atoms with Gasteiger partial charge >= 0.3 is 0 Å². The van der Waals surface area contributed by atoms with Crippen LogP contribution in [0.1, 0.15) is 43.0 Å². The van der Waals surface area contributed by atoms with E-state index in [1.165, 1.54) is 37.1 Å². The van der Waals surface area contributed by atoms with E-state index in [9.17, 15) is 22.8 Å². The summed E-state index contributed by atoms with van der Waals surface area (Å²) in [5.41, 5.74) is -1.27. The maximum Gasteiger partial charge on any atom is 0.266 e. The van der Waals surface area contributed by atoms with Crippen molar-refractivity contribution >= 4 is 22.8 Å². The number of anilines is 1. The number of nitrogens with one attached hydrogen (secondary N) is 1. The summed E-state index contributed by atoms with van der Waals surface area (Å²) in [5.74, 6) is -0.816. The minimum atomic E-state index is -2.94. The van der Waals surface area contributed by atoms with E-state index in [-0.39, 0.29) is 30.1 Å². The van der Waals surface area contributed by atoms with Crippen molar-refractivity contribution in [1.29, 1.82) is 0 Å². The van der Waals surface area contributed by atoms with Crippen LogP contribution in [0.4, 0.5) is 19.0 Å². The normalized spacial score (nSPS) is 15.9. The van der Waals surface area contributed by atoms with Gasteiger partial charge in [0.05, 0.1) is 35.6 Å². The molecule has 2 aromatic heterocycles. The molecule has 1 aliphatic rings. The Morgan fingerprint density at radius 2 is 1.91 bits per heavy atom. The van der Waals surface area contributed by atoms with Crippen molar-refractivity contribution in [1.82, 2.24) is 19.4 Å². The first-order valence-corrected chi connectivity index (χ1v) is 10.6. The van der Waals surface area contributed by atoms with Crippen LogP contribution < -0.4 is 10.9 Å². The number of hydrogen-bond donors (Lipinski definition) is 1. The number of hydrogen-bond acceptors (Lipinski definition) is 6. The molecule has 1 saturated heterocycles. The molecular weight excluding hydrogens is 451 g/mol. The Morgan fingerprint density at radius 1 is 1.24 bits per heavy atom. The number of fused-ring (bicyclic) bond motifs is 1. The number of carbonyl (C=O) groups excluding carboxylic acids is 1. The number of amides is 1. The topological polar surface area (TPSA) is 89.3 Å². The van der Waals surface area contributed by atoms with E-state index in [4.69, 9.17) is 4.74 Å². The van der Waals surface area contributed by atoms with Crippen LogP contribution in [-0.4, -0.2) is 45.5 Å². The standard InChI is InChI=1S/C23H24F3N5O3/c1-12(14-6-5-7-15(18(14)24)19(25)26)29-20-16-8-17(22(33)30(3)21(16)28-11-27-20)23(34-4)9-31(10-23)13(2)32/h5-8,11-12,19H,9-10H2,1-4H3,(H,27,28,29)/t12-/m1/s1. The van der Waals surface area contributed by atoms with Gasteiger partial charge in [0.2, 0.25) is 5.91 Å². The SMILES string of the molecule is COC1(c2cc3c(N[C@H](C)c4cccc(C(F)F)c4F)ncnc3n(C)c2=O)CN(C(C)=O)C1. The van der Waals surface area contributed by atoms with Gasteiger partial charge in [0.25, 0.3) is 12.0 Å². The highest BCUT2D eigenvalue weighted by Crippen LogP contribution is 2.36. The molecule has 1 aromatic carbocycles. The summed E-state index contributed by atoms with van der Waals surface area (Å²) in [6.45, 7) is 3.51. The molecule has 0 radical (unpaired) electrons. The predicted molar refractivity (Wildman–Crippen MR) is 119 cm³/mol. The van der Waals surface area contributed by atoms with Crippen molar-refractivity contribution in [3.8, 4) is 0 Å². The molecule has 0 spiro atoms. The summed E-state index contributed by atoms with van der Waals surface area (Å²) in [6, 6.07) is 4.74. The van der Waals surface area contributed by atoms with Crippen LogP contribution in [0.3, 0.4) is 0 Å². The molecule has 1 atom stereocenters. The first-order chi connectivity index (χ1) is 16.1. The number of methoxy groups -OCH3 is 1. The molecule has 3 aromatic rings. The molecule has 0 bridgehead atoms. The molecule has 11 heteroatoms. The van der Waals surface area contributed by atoms with Crippen LogP contribution in [0.25, 0.3) is 11.0 Å². The zero-order valence-electron chi connectivity index (χ0n) is 19.1. The van der Waals surface area contributed by atoms with Crippen molar-refractivity contribution in [2.24, 2.45) is 7.05 Å². The molecule has 3 heterocycles. The van der Waals surface area contributed by atoms with Gasteiger partial charge in [0, 0.05) is 26.6 Å². The van der Waals surface area contributed by atoms with Gasteiger partial charge < -0.3 is 15.0 Å². The van der Waals surface area contributed by atoms with E-state index in [1.54, 1.807) is 24.9 Å². The highest BCUT2D eigenvalue weighted by molar-refractivity contribution is 5.87. The molecule has 1 fully saturated rings. The molecule has 0 aliphatic carbocycles. The summed E-state index contributed by atoms with van der Waals surface area (Å²) in [7, 11) is 3.04. The second-order valence-electron chi connectivity index (χ2n) is 8.37. The fraction of sp³-hybridized carbons (Fsp3) is 0.391. The van der Waals surface area contributed by atoms with Gasteiger partial charge in [-0.2, -0.15) is 0 Å². The van der Waals surface area contributed by atoms with E-state index in [0.717, 1.165) is 6.07 Å². The average Bonchev–Trinajstić information content (AvgIpc) is 2.76. The number of pyridine rings is 1. The fourth-order valence-electron chi connectivity index (χ4n) is 4.27. The van der Waals surface area contributed by atoms with Crippen molar-refractivity contribution in [2.45, 2.75) is 31.9 Å². The third-order valence-corrected chi connectivity index (χ3v) is 6.34. The Kier molecular flexibility index (Phi) is 6.07. The lowest BCUT2D eigenvalue weighted by Crippen LogP contribution is -2.63. The van der Waals surface area contributed by atoms with Gasteiger partial charge in [0.15, 0.2) is 0 Å². The van der Waals surface area contributed by atoms with E-state index in [1.807, 2.05) is 0 Å². The molecule has 1 aliphatic heterocycles. The average molecular weight is 475 g/mol. The Bertz CT molecular complexity index is 1320. The van der Waals surface area contributed by atoms with Crippen LogP contribution in [0.5, 0.6) is 0 Å². The first-order valence-electron chi connectivity index (χ1n) is 10.6. The first kappa shape index (κ1) is 23.7. The number of halogens is 3. The number of benzene rings is 1. The molecule has 0 unspecified atom stereocenters. The zero-order chi connectivity index (χ0) is 24.8. The van der Waals surface area contributed by atoms with Crippen LogP contribution >= 0.6 is 0 Å². The van der Waals surface area contributed by atoms with Crippen LogP contribution in [0.2, 0.25) is 0 Å². The Morgan fingerprint density at radius 3 is 2.53 bits per heavy atom. The zero-order valence-corrected chi connectivity index (χ0v) is 19.1. The summed E-state index contributed by atoms with van der Waals surface area (Å²) >= 11 is 0. The smallest absolute Gasteiger partial charge is 0.266 e. The highest BCUT2D eigenvalue weighted by atomic mass is 19.3. The quantitative estimate of drug-likeness (QED) is 0.589. The number of alkyl halides is 2. The lowest BCUT2D eigenvalue weighted by atomic mass is 9.86. The molecule has 1 N–H and O–H groups in total. The highest BCUT2D eigenvalue weighted by Gasteiger charge is 2.48. The van der Waals surface area contributed by atoms with E-state index in [0.29, 0.717) is 22.4 Å². The molecule has 1 amide bonds. The lowest BCUT2D eigenvalue weighted by molar-refractivity contribution is -0.162. The summed E-state index contributed by atoms with van der Waals surface area (Å²) in [6.07, 6.45) is -1.68. The maximum absolute atomic E-state index is 14.7. The fourth-order valence-corrected chi connectivity index (χ4v) is 4.27. The summed E-state index contributed by atoms with van der Waals surface area (Å²) in [4.78, 5) is 34.9. The molecule has 8 nitrogen and oxygen atoms in total. The maximum atomic E-state index is 14.7. The Hall–Kier alpha value is -3.47. The number of nitrogens with zero attached hydrogens (tertiary/aromatic N) is 4. The van der Waals surface area contributed by atoms with Crippen molar-refractivity contribution < 1.29 is 22.7 Å². The van der Waals surface area contributed by atoms with Crippen molar-refractivity contribution in [3.63, 3.8) is 0 Å². The molecular formula is C23H24F3N5O3. The van der Waals surface area contributed by atoms with E-state index >= 15 is 0 Å².